The first kappa shape index (κ1) is 10.8. The van der Waals surface area contributed by atoms with Crippen molar-refractivity contribution in [3.8, 4) is 0 Å². The summed E-state index contributed by atoms with van der Waals surface area (Å²) in [5.41, 5.74) is 1.85. The third kappa shape index (κ3) is 2.60. The monoisotopic (exact) mass is 179 g/mol. The average molecular weight is 179 g/mol. The van der Waals surface area contributed by atoms with Crippen LogP contribution in [0.25, 0.3) is 0 Å². The highest BCUT2D eigenvalue weighted by Gasteiger charge is 2.33. The fourth-order valence-corrected chi connectivity index (χ4v) is 2.13. The Morgan fingerprint density at radius 1 is 1.46 bits per heavy atom. The molecule has 1 aliphatic heterocycles. The second kappa shape index (κ2) is 3.87. The van der Waals surface area contributed by atoms with Crippen molar-refractivity contribution in [2.45, 2.75) is 52.9 Å². The van der Waals surface area contributed by atoms with Crippen LogP contribution in [0.15, 0.2) is 11.5 Å². The topological polar surface area (TPSA) is 3.24 Å². The lowest BCUT2D eigenvalue weighted by molar-refractivity contribution is 0.271. The van der Waals surface area contributed by atoms with Crippen LogP contribution in [0.3, 0.4) is 0 Å². The Bertz CT molecular complexity index is 203. The molecule has 0 spiro atoms. The van der Waals surface area contributed by atoms with Gasteiger partial charge in [0.1, 0.15) is 0 Å². The number of rotatable bonds is 2. The van der Waals surface area contributed by atoms with E-state index in [1.54, 1.807) is 0 Å². The minimum Gasteiger partial charge on any atom is -0.330 e. The maximum atomic E-state index is 2.60. The maximum absolute atomic E-state index is 2.60. The Kier molecular flexibility index (Phi) is 3.23. The SMILES string of the molecule is CCCB1C=C(C)CN1C(C)(C)C. The second-order valence-electron chi connectivity index (χ2n) is 5.17. The normalized spacial score (nSPS) is 19.5. The second-order valence-corrected chi connectivity index (χ2v) is 5.17. The molecule has 0 N–H and O–H groups in total. The molecule has 0 atom stereocenters. The first-order chi connectivity index (χ1) is 5.95. The van der Waals surface area contributed by atoms with Gasteiger partial charge in [0.05, 0.1) is 0 Å². The van der Waals surface area contributed by atoms with E-state index in [4.69, 9.17) is 0 Å². The van der Waals surface area contributed by atoms with E-state index in [2.05, 4.69) is 45.4 Å². The molecule has 0 bridgehead atoms. The van der Waals surface area contributed by atoms with Crippen molar-refractivity contribution in [1.29, 1.82) is 0 Å². The van der Waals surface area contributed by atoms with Gasteiger partial charge in [-0.3, -0.25) is 0 Å². The molecule has 2 heteroatoms. The summed E-state index contributed by atoms with van der Waals surface area (Å²) >= 11 is 0. The van der Waals surface area contributed by atoms with E-state index >= 15 is 0 Å². The standard InChI is InChI=1S/C11H22BN/c1-6-7-12-8-10(2)9-13(12)11(3,4)5/h8H,6-7,9H2,1-5H3. The van der Waals surface area contributed by atoms with Gasteiger partial charge in [0, 0.05) is 12.1 Å². The molecule has 0 fully saturated rings. The van der Waals surface area contributed by atoms with E-state index in [-0.39, 0.29) is 0 Å². The quantitative estimate of drug-likeness (QED) is 0.589. The molecule has 13 heavy (non-hydrogen) atoms. The third-order valence-electron chi connectivity index (χ3n) is 2.74. The molecule has 0 aliphatic carbocycles. The molecule has 1 heterocycles. The van der Waals surface area contributed by atoms with E-state index in [0.29, 0.717) is 12.4 Å². The zero-order valence-corrected chi connectivity index (χ0v) is 9.72. The molecule has 1 aliphatic rings. The Labute approximate surface area is 83.3 Å². The smallest absolute Gasteiger partial charge is 0.250 e. The minimum absolute atomic E-state index is 0.314. The molecule has 74 valence electrons. The van der Waals surface area contributed by atoms with Crippen molar-refractivity contribution in [2.24, 2.45) is 0 Å². The van der Waals surface area contributed by atoms with Gasteiger partial charge in [-0.15, -0.1) is 0 Å². The molecule has 0 unspecified atom stereocenters. The highest BCUT2D eigenvalue weighted by molar-refractivity contribution is 6.62. The molecule has 0 aromatic heterocycles. The van der Waals surface area contributed by atoms with E-state index in [1.807, 2.05) is 0 Å². The first-order valence-electron chi connectivity index (χ1n) is 5.39. The van der Waals surface area contributed by atoms with Gasteiger partial charge in [-0.1, -0.05) is 31.2 Å². The zero-order valence-electron chi connectivity index (χ0n) is 9.72. The lowest BCUT2D eigenvalue weighted by atomic mass is 9.56. The Balaban J connectivity index is 2.67. The number of hydrogen-bond donors (Lipinski definition) is 0. The van der Waals surface area contributed by atoms with Crippen LogP contribution in [0.1, 0.15) is 41.0 Å². The molecule has 0 aromatic carbocycles. The molecule has 0 amide bonds. The van der Waals surface area contributed by atoms with Crippen LogP contribution in [0.2, 0.25) is 6.32 Å². The Hall–Kier alpha value is -0.235. The van der Waals surface area contributed by atoms with Gasteiger partial charge in [-0.05, 0) is 27.7 Å². The number of nitrogens with zero attached hydrogens (tertiary/aromatic N) is 1. The van der Waals surface area contributed by atoms with Gasteiger partial charge < -0.3 is 4.81 Å². The molecule has 1 rings (SSSR count). The van der Waals surface area contributed by atoms with E-state index in [9.17, 15) is 0 Å². The van der Waals surface area contributed by atoms with Gasteiger partial charge in [-0.2, -0.15) is 0 Å². The lowest BCUT2D eigenvalue weighted by Gasteiger charge is -2.36. The van der Waals surface area contributed by atoms with E-state index in [0.717, 1.165) is 6.54 Å². The lowest BCUT2D eigenvalue weighted by Crippen LogP contribution is -2.47. The fraction of sp³-hybridized carbons (Fsp3) is 0.818. The predicted octanol–water partition coefficient (Wildman–Crippen LogP) is 2.99. The zero-order chi connectivity index (χ0) is 10.1. The Morgan fingerprint density at radius 3 is 2.54 bits per heavy atom. The summed E-state index contributed by atoms with van der Waals surface area (Å²) in [6, 6.07) is 0. The first-order valence-corrected chi connectivity index (χ1v) is 5.39. The van der Waals surface area contributed by atoms with Crippen molar-refractivity contribution in [2.75, 3.05) is 6.54 Å². The van der Waals surface area contributed by atoms with Crippen molar-refractivity contribution >= 4 is 6.85 Å². The minimum atomic E-state index is 0.314. The highest BCUT2D eigenvalue weighted by atomic mass is 15.1. The van der Waals surface area contributed by atoms with Crippen LogP contribution in [0.4, 0.5) is 0 Å². The summed E-state index contributed by atoms with van der Waals surface area (Å²) in [5.74, 6) is 2.44. The fourth-order valence-electron chi connectivity index (χ4n) is 2.13. The molecule has 0 radical (unpaired) electrons. The largest absolute Gasteiger partial charge is 0.330 e. The molecule has 0 aromatic rings. The Morgan fingerprint density at radius 2 is 2.08 bits per heavy atom. The van der Waals surface area contributed by atoms with E-state index < -0.39 is 0 Å². The van der Waals surface area contributed by atoms with Crippen LogP contribution < -0.4 is 0 Å². The summed E-state index contributed by atoms with van der Waals surface area (Å²) in [6.45, 7) is 13.3. The van der Waals surface area contributed by atoms with Crippen molar-refractivity contribution in [3.05, 3.63) is 11.5 Å². The molecule has 0 saturated heterocycles. The van der Waals surface area contributed by atoms with Crippen molar-refractivity contribution < 1.29 is 0 Å². The predicted molar refractivity (Wildman–Crippen MR) is 61.1 cm³/mol. The summed E-state index contributed by atoms with van der Waals surface area (Å²) < 4.78 is 0. The summed E-state index contributed by atoms with van der Waals surface area (Å²) in [7, 11) is 0. The van der Waals surface area contributed by atoms with Gasteiger partial charge in [0.25, 0.3) is 6.85 Å². The van der Waals surface area contributed by atoms with Crippen LogP contribution >= 0.6 is 0 Å². The van der Waals surface area contributed by atoms with Crippen LogP contribution in [-0.2, 0) is 0 Å². The van der Waals surface area contributed by atoms with Crippen LogP contribution in [0.5, 0.6) is 0 Å². The molecular weight excluding hydrogens is 157 g/mol. The van der Waals surface area contributed by atoms with Gasteiger partial charge in [0.15, 0.2) is 0 Å². The molecular formula is C11H22BN. The van der Waals surface area contributed by atoms with Gasteiger partial charge in [0.2, 0.25) is 0 Å². The average Bonchev–Trinajstić information content (AvgIpc) is 2.30. The van der Waals surface area contributed by atoms with E-state index in [1.165, 1.54) is 18.3 Å². The van der Waals surface area contributed by atoms with Crippen molar-refractivity contribution in [3.63, 3.8) is 0 Å². The summed E-state index contributed by atoms with van der Waals surface area (Å²) in [6.07, 6.45) is 2.58. The summed E-state index contributed by atoms with van der Waals surface area (Å²) in [5, 5.41) is 0. The highest BCUT2D eigenvalue weighted by Crippen LogP contribution is 2.25. The molecule has 0 saturated carbocycles. The number of hydrogen-bond acceptors (Lipinski definition) is 1. The van der Waals surface area contributed by atoms with Gasteiger partial charge in [-0.25, -0.2) is 0 Å². The molecule has 1 nitrogen and oxygen atoms in total. The van der Waals surface area contributed by atoms with Crippen molar-refractivity contribution in [1.82, 2.24) is 4.81 Å². The summed E-state index contributed by atoms with van der Waals surface area (Å²) in [4.78, 5) is 2.60. The van der Waals surface area contributed by atoms with Gasteiger partial charge >= 0.3 is 0 Å². The van der Waals surface area contributed by atoms with Crippen LogP contribution in [0, 0.1) is 0 Å². The maximum Gasteiger partial charge on any atom is 0.250 e. The third-order valence-corrected chi connectivity index (χ3v) is 2.74. The van der Waals surface area contributed by atoms with Crippen LogP contribution in [-0.4, -0.2) is 23.7 Å².